The Kier molecular flexibility index (Phi) is 14.0. The fourth-order valence-corrected chi connectivity index (χ4v) is 11.7. The molecule has 0 aliphatic carbocycles. The van der Waals surface area contributed by atoms with E-state index in [1.807, 2.05) is 0 Å². The summed E-state index contributed by atoms with van der Waals surface area (Å²) in [6.45, 7) is 5.28. The molecule has 0 aliphatic heterocycles. The molecule has 0 heterocycles. The molecule has 0 saturated carbocycles. The molecule has 212 valence electrons. The van der Waals surface area contributed by atoms with E-state index in [9.17, 15) is 0 Å². The number of halogens is 1. The summed E-state index contributed by atoms with van der Waals surface area (Å²) < 4.78 is 7.19. The number of allylic oxidation sites excluding steroid dienone is 2. The molecule has 0 atom stereocenters. The normalized spacial score (nSPS) is 12.9. The zero-order chi connectivity index (χ0) is 27.7. The predicted molar refractivity (Wildman–Crippen MR) is 180 cm³/mol. The quantitative estimate of drug-likeness (QED) is 0.0747. The minimum absolute atomic E-state index is 0.739. The van der Waals surface area contributed by atoms with Gasteiger partial charge in [-0.25, -0.2) is 0 Å². The third kappa shape index (κ3) is 8.88. The van der Waals surface area contributed by atoms with Crippen molar-refractivity contribution in [3.8, 4) is 0 Å². The Morgan fingerprint density at radius 3 is 1.62 bits per heavy atom. The van der Waals surface area contributed by atoms with Gasteiger partial charge in [0.2, 0.25) is 0 Å². The summed E-state index contributed by atoms with van der Waals surface area (Å²) in [4.78, 5) is 0. The molecule has 3 aromatic rings. The molecule has 0 radical (unpaired) electrons. The average molecular weight is 610 g/mol. The van der Waals surface area contributed by atoms with E-state index in [-0.39, 0.29) is 0 Å². The topological polar surface area (TPSA) is 9.23 Å². The molecule has 3 aromatic carbocycles. The van der Waals surface area contributed by atoms with E-state index >= 15 is 0 Å². The van der Waals surface area contributed by atoms with Crippen molar-refractivity contribution in [2.75, 3.05) is 6.61 Å². The van der Waals surface area contributed by atoms with Crippen LogP contribution in [0.3, 0.4) is 0 Å². The third-order valence-corrected chi connectivity index (χ3v) is 16.3. The maximum atomic E-state index is 7.19. The molecule has 0 saturated heterocycles. The van der Waals surface area contributed by atoms with Gasteiger partial charge in [0.1, 0.15) is 0 Å². The van der Waals surface area contributed by atoms with Crippen LogP contribution in [0.15, 0.2) is 97.1 Å². The van der Waals surface area contributed by atoms with E-state index in [1.165, 1.54) is 85.7 Å². The van der Waals surface area contributed by atoms with Gasteiger partial charge in [-0.2, -0.15) is 0 Å². The van der Waals surface area contributed by atoms with Gasteiger partial charge in [0.15, 0.2) is 0 Å². The van der Waals surface area contributed by atoms with Crippen LogP contribution in [0.25, 0.3) is 0 Å². The first kappa shape index (κ1) is 31.8. The zero-order valence-electron chi connectivity index (χ0n) is 24.4. The second-order valence-corrected chi connectivity index (χ2v) is 18.5. The number of hydrogen-bond donors (Lipinski definition) is 0. The van der Waals surface area contributed by atoms with E-state index < -0.39 is 5.53 Å². The van der Waals surface area contributed by atoms with Crippen LogP contribution in [-0.4, -0.2) is 6.61 Å². The summed E-state index contributed by atoms with van der Waals surface area (Å²) in [5.41, 5.74) is -1.90. The molecule has 39 heavy (non-hydrogen) atoms. The Bertz CT molecular complexity index is 1040. The van der Waals surface area contributed by atoms with E-state index in [2.05, 4.69) is 126 Å². The van der Waals surface area contributed by atoms with Crippen LogP contribution in [-0.2, 0) is 10.9 Å². The van der Waals surface area contributed by atoms with Gasteiger partial charge in [0.25, 0.3) is 0 Å². The van der Waals surface area contributed by atoms with Crippen molar-refractivity contribution in [3.05, 3.63) is 103 Å². The van der Waals surface area contributed by atoms with Crippen molar-refractivity contribution in [3.63, 3.8) is 0 Å². The van der Waals surface area contributed by atoms with Crippen molar-refractivity contribution >= 4 is 36.9 Å². The Hall–Kier alpha value is -1.73. The molecular formula is C36H50BrOP. The molecule has 0 unspecified atom stereocenters. The average Bonchev–Trinajstić information content (AvgIpc) is 2.99. The molecule has 0 amide bonds. The molecule has 3 rings (SSSR count). The van der Waals surface area contributed by atoms with Crippen LogP contribution in [0.2, 0.25) is 0 Å². The maximum absolute atomic E-state index is 7.19. The minimum atomic E-state index is -3.29. The molecule has 0 aliphatic rings. The zero-order valence-corrected chi connectivity index (χ0v) is 26.9. The van der Waals surface area contributed by atoms with E-state index in [0.717, 1.165) is 25.9 Å². The van der Waals surface area contributed by atoms with Gasteiger partial charge in [-0.3, -0.25) is 0 Å². The Labute approximate surface area is 247 Å². The first-order valence-electron chi connectivity index (χ1n) is 15.4. The summed E-state index contributed by atoms with van der Waals surface area (Å²) in [6, 6.07) is 31.0. The molecule has 0 fully saturated rings. The molecule has 0 bridgehead atoms. The summed E-state index contributed by atoms with van der Waals surface area (Å²) in [7, 11) is 0. The fourth-order valence-electron chi connectivity index (χ4n) is 5.28. The van der Waals surface area contributed by atoms with Crippen LogP contribution in [0.4, 0.5) is 0 Å². The molecule has 0 N–H and O–H groups in total. The van der Waals surface area contributed by atoms with Crippen LogP contribution < -0.4 is 15.9 Å². The monoisotopic (exact) mass is 608 g/mol. The van der Waals surface area contributed by atoms with E-state index in [1.54, 1.807) is 0 Å². The summed E-state index contributed by atoms with van der Waals surface area (Å²) in [5.74, 6) is 0. The number of hydrogen-bond acceptors (Lipinski definition) is 1. The Morgan fingerprint density at radius 2 is 1.05 bits per heavy atom. The van der Waals surface area contributed by atoms with Gasteiger partial charge < -0.3 is 0 Å². The van der Waals surface area contributed by atoms with Crippen molar-refractivity contribution in [2.45, 2.75) is 97.3 Å². The predicted octanol–water partition coefficient (Wildman–Crippen LogP) is 10.6. The second kappa shape index (κ2) is 17.2. The van der Waals surface area contributed by atoms with Gasteiger partial charge >= 0.3 is 228 Å². The van der Waals surface area contributed by atoms with Crippen LogP contribution in [0, 0.1) is 0 Å². The summed E-state index contributed by atoms with van der Waals surface area (Å²) in [5, 5.41) is 3.68. The van der Waals surface area contributed by atoms with Gasteiger partial charge in [0, 0.05) is 0 Å². The van der Waals surface area contributed by atoms with Gasteiger partial charge in [-0.15, -0.1) is 0 Å². The van der Waals surface area contributed by atoms with Crippen molar-refractivity contribution in [2.24, 2.45) is 0 Å². The second-order valence-electron chi connectivity index (χ2n) is 10.7. The molecule has 0 aromatic heterocycles. The number of aryl methyl sites for hydroxylation is 1. The van der Waals surface area contributed by atoms with E-state index in [0.29, 0.717) is 0 Å². The number of benzene rings is 3. The molecular weight excluding hydrogens is 559 g/mol. The molecule has 3 heteroatoms. The SMILES string of the molecule is CCCCCC/C=C/CCCc1ccc(P(Br)(OCCCCCCC)(c2ccccc2)c2ccccc2)cc1. The first-order chi connectivity index (χ1) is 19.1. The first-order valence-corrected chi connectivity index (χ1v) is 19.5. The Morgan fingerprint density at radius 1 is 0.564 bits per heavy atom. The van der Waals surface area contributed by atoms with Gasteiger partial charge in [0.05, 0.1) is 0 Å². The van der Waals surface area contributed by atoms with Crippen LogP contribution in [0.1, 0.15) is 96.5 Å². The summed E-state index contributed by atoms with van der Waals surface area (Å²) >= 11 is 4.43. The standard InChI is InChI=1S/C36H50BrOP/c1-3-5-7-9-10-11-12-13-17-23-33-28-30-36(31-29-33)39(37,34-24-18-15-19-25-34,35-26-20-16-21-27-35)38-32-22-14-8-6-4-2/h11-12,15-16,18-21,24-31H,3-10,13-14,17,22-23,32H2,1-2H3/b12-11+. The Balaban J connectivity index is 1.80. The van der Waals surface area contributed by atoms with Crippen LogP contribution >= 0.6 is 21.0 Å². The van der Waals surface area contributed by atoms with Crippen LogP contribution in [0.5, 0.6) is 0 Å². The fraction of sp³-hybridized carbons (Fsp3) is 0.444. The summed E-state index contributed by atoms with van der Waals surface area (Å²) in [6.07, 6.45) is 20.9. The van der Waals surface area contributed by atoms with E-state index in [4.69, 9.17) is 4.52 Å². The third-order valence-electron chi connectivity index (χ3n) is 7.64. The van der Waals surface area contributed by atoms with Crippen molar-refractivity contribution < 1.29 is 4.52 Å². The van der Waals surface area contributed by atoms with Gasteiger partial charge in [-0.1, -0.05) is 19.8 Å². The molecule has 0 spiro atoms. The van der Waals surface area contributed by atoms with Gasteiger partial charge in [-0.05, 0) is 0 Å². The number of unbranched alkanes of at least 4 members (excludes halogenated alkanes) is 9. The number of rotatable bonds is 19. The van der Waals surface area contributed by atoms with Crippen molar-refractivity contribution in [1.82, 2.24) is 0 Å². The van der Waals surface area contributed by atoms with Crippen molar-refractivity contribution in [1.29, 1.82) is 0 Å². The molecule has 1 nitrogen and oxygen atoms in total.